The first-order chi connectivity index (χ1) is 8.16. The summed E-state index contributed by atoms with van der Waals surface area (Å²) in [6, 6.07) is 0. The standard InChI is InChI=1S/C14H23NO2/c1-13(2)12-15-14(17)10-8-6-4-3-5-7-9-11-16/h4,6,8,10-11,13H,3,5,7,9,12H2,1-2H3,(H,15,17). The van der Waals surface area contributed by atoms with Crippen molar-refractivity contribution in [2.75, 3.05) is 6.54 Å². The van der Waals surface area contributed by atoms with E-state index >= 15 is 0 Å². The Morgan fingerprint density at radius 1 is 1.18 bits per heavy atom. The van der Waals surface area contributed by atoms with Gasteiger partial charge in [-0.3, -0.25) is 4.79 Å². The Morgan fingerprint density at radius 2 is 1.88 bits per heavy atom. The van der Waals surface area contributed by atoms with Crippen LogP contribution in [-0.4, -0.2) is 18.7 Å². The van der Waals surface area contributed by atoms with Crippen molar-refractivity contribution < 1.29 is 9.59 Å². The fraction of sp³-hybridized carbons (Fsp3) is 0.571. The summed E-state index contributed by atoms with van der Waals surface area (Å²) in [5.41, 5.74) is 0. The number of amides is 1. The number of unbranched alkanes of at least 4 members (excludes halogenated alkanes) is 3. The van der Waals surface area contributed by atoms with E-state index < -0.39 is 0 Å². The number of nitrogens with one attached hydrogen (secondary N) is 1. The van der Waals surface area contributed by atoms with Crippen molar-refractivity contribution in [1.29, 1.82) is 0 Å². The van der Waals surface area contributed by atoms with Crippen LogP contribution in [-0.2, 0) is 9.59 Å². The third-order valence-corrected chi connectivity index (χ3v) is 2.12. The second kappa shape index (κ2) is 11.1. The van der Waals surface area contributed by atoms with Crippen molar-refractivity contribution in [2.24, 2.45) is 5.92 Å². The van der Waals surface area contributed by atoms with E-state index in [0.717, 1.165) is 25.5 Å². The van der Waals surface area contributed by atoms with Crippen LogP contribution in [0.2, 0.25) is 0 Å². The highest BCUT2D eigenvalue weighted by molar-refractivity contribution is 5.87. The van der Waals surface area contributed by atoms with Crippen LogP contribution in [0.3, 0.4) is 0 Å². The molecule has 0 unspecified atom stereocenters. The van der Waals surface area contributed by atoms with Gasteiger partial charge in [-0.05, 0) is 25.2 Å². The lowest BCUT2D eigenvalue weighted by Gasteiger charge is -2.03. The summed E-state index contributed by atoms with van der Waals surface area (Å²) in [5.74, 6) is 0.421. The summed E-state index contributed by atoms with van der Waals surface area (Å²) >= 11 is 0. The third-order valence-electron chi connectivity index (χ3n) is 2.12. The van der Waals surface area contributed by atoms with E-state index in [1.54, 1.807) is 6.08 Å². The van der Waals surface area contributed by atoms with Crippen LogP contribution in [0.5, 0.6) is 0 Å². The van der Waals surface area contributed by atoms with Gasteiger partial charge in [0.25, 0.3) is 0 Å². The molecule has 0 aromatic rings. The first-order valence-corrected chi connectivity index (χ1v) is 6.21. The topological polar surface area (TPSA) is 46.2 Å². The first-order valence-electron chi connectivity index (χ1n) is 6.21. The maximum atomic E-state index is 11.3. The lowest BCUT2D eigenvalue weighted by Crippen LogP contribution is -2.25. The molecule has 3 nitrogen and oxygen atoms in total. The smallest absolute Gasteiger partial charge is 0.243 e. The Hall–Kier alpha value is -1.38. The molecule has 0 aliphatic rings. The molecule has 0 aromatic heterocycles. The lowest BCUT2D eigenvalue weighted by molar-refractivity contribution is -0.116. The fourth-order valence-corrected chi connectivity index (χ4v) is 1.17. The van der Waals surface area contributed by atoms with Gasteiger partial charge in [0, 0.05) is 19.0 Å². The molecule has 0 saturated carbocycles. The lowest BCUT2D eigenvalue weighted by atomic mass is 10.2. The number of rotatable bonds is 9. The molecule has 96 valence electrons. The zero-order valence-electron chi connectivity index (χ0n) is 10.8. The molecule has 17 heavy (non-hydrogen) atoms. The molecule has 0 aromatic carbocycles. The number of aldehydes is 1. The van der Waals surface area contributed by atoms with Crippen molar-refractivity contribution >= 4 is 12.2 Å². The quantitative estimate of drug-likeness (QED) is 0.290. The summed E-state index contributed by atoms with van der Waals surface area (Å²) in [6.45, 7) is 4.82. The SMILES string of the molecule is CC(C)CNC(=O)C=CC=CCCCCC=O. The number of carbonyl (C=O) groups excluding carboxylic acids is 2. The van der Waals surface area contributed by atoms with E-state index in [-0.39, 0.29) is 5.91 Å². The van der Waals surface area contributed by atoms with Gasteiger partial charge in [0.15, 0.2) is 0 Å². The summed E-state index contributed by atoms with van der Waals surface area (Å²) in [5, 5.41) is 2.80. The highest BCUT2D eigenvalue weighted by Crippen LogP contribution is 1.98. The van der Waals surface area contributed by atoms with Gasteiger partial charge in [-0.2, -0.15) is 0 Å². The van der Waals surface area contributed by atoms with Crippen LogP contribution in [0.15, 0.2) is 24.3 Å². The molecular weight excluding hydrogens is 214 g/mol. The average molecular weight is 237 g/mol. The molecule has 0 aliphatic carbocycles. The summed E-state index contributed by atoms with van der Waals surface area (Å²) in [7, 11) is 0. The molecular formula is C14H23NO2. The molecule has 0 fully saturated rings. The number of hydrogen-bond acceptors (Lipinski definition) is 2. The predicted octanol–water partition coefficient (Wildman–Crippen LogP) is 2.63. The van der Waals surface area contributed by atoms with Gasteiger partial charge in [-0.15, -0.1) is 0 Å². The van der Waals surface area contributed by atoms with Gasteiger partial charge >= 0.3 is 0 Å². The molecule has 0 spiro atoms. The first kappa shape index (κ1) is 15.6. The molecule has 0 aliphatic heterocycles. The Balaban J connectivity index is 3.53. The van der Waals surface area contributed by atoms with Crippen LogP contribution in [0.1, 0.15) is 39.5 Å². The second-order valence-electron chi connectivity index (χ2n) is 4.38. The maximum absolute atomic E-state index is 11.3. The van der Waals surface area contributed by atoms with Crippen LogP contribution in [0, 0.1) is 5.92 Å². The molecule has 3 heteroatoms. The Labute approximate surface area is 104 Å². The minimum Gasteiger partial charge on any atom is -0.352 e. The maximum Gasteiger partial charge on any atom is 0.243 e. The van der Waals surface area contributed by atoms with Gasteiger partial charge in [-0.1, -0.05) is 32.1 Å². The van der Waals surface area contributed by atoms with Gasteiger partial charge in [0.05, 0.1) is 0 Å². The van der Waals surface area contributed by atoms with E-state index in [1.807, 2.05) is 12.2 Å². The number of carbonyl (C=O) groups is 2. The second-order valence-corrected chi connectivity index (χ2v) is 4.38. The van der Waals surface area contributed by atoms with E-state index in [0.29, 0.717) is 18.9 Å². The highest BCUT2D eigenvalue weighted by Gasteiger charge is 1.95. The van der Waals surface area contributed by atoms with Gasteiger partial charge in [-0.25, -0.2) is 0 Å². The van der Waals surface area contributed by atoms with Gasteiger partial charge in [0.2, 0.25) is 5.91 Å². The molecule has 0 atom stereocenters. The molecule has 0 rings (SSSR count). The Kier molecular flexibility index (Phi) is 10.2. The molecule has 0 saturated heterocycles. The molecule has 1 N–H and O–H groups in total. The van der Waals surface area contributed by atoms with Crippen molar-refractivity contribution in [2.45, 2.75) is 39.5 Å². The average Bonchev–Trinajstić information content (AvgIpc) is 2.30. The zero-order valence-corrected chi connectivity index (χ0v) is 10.8. The van der Waals surface area contributed by atoms with Gasteiger partial charge < -0.3 is 10.1 Å². The monoisotopic (exact) mass is 237 g/mol. The number of hydrogen-bond donors (Lipinski definition) is 1. The fourth-order valence-electron chi connectivity index (χ4n) is 1.17. The molecule has 0 heterocycles. The zero-order chi connectivity index (χ0) is 12.9. The summed E-state index contributed by atoms with van der Waals surface area (Å²) < 4.78 is 0. The highest BCUT2D eigenvalue weighted by atomic mass is 16.1. The Bertz CT molecular complexity index is 267. The van der Waals surface area contributed by atoms with Crippen molar-refractivity contribution in [3.05, 3.63) is 24.3 Å². The van der Waals surface area contributed by atoms with E-state index in [9.17, 15) is 9.59 Å². The predicted molar refractivity (Wildman–Crippen MR) is 70.7 cm³/mol. The molecule has 0 radical (unpaired) electrons. The van der Waals surface area contributed by atoms with Crippen LogP contribution >= 0.6 is 0 Å². The Morgan fingerprint density at radius 3 is 2.53 bits per heavy atom. The van der Waals surface area contributed by atoms with Crippen LogP contribution in [0.4, 0.5) is 0 Å². The third kappa shape index (κ3) is 12.6. The largest absolute Gasteiger partial charge is 0.352 e. The van der Waals surface area contributed by atoms with Crippen LogP contribution in [0.25, 0.3) is 0 Å². The van der Waals surface area contributed by atoms with Crippen molar-refractivity contribution in [3.63, 3.8) is 0 Å². The molecule has 1 amide bonds. The summed E-state index contributed by atoms with van der Waals surface area (Å²) in [6.07, 6.45) is 11.7. The van der Waals surface area contributed by atoms with Crippen LogP contribution < -0.4 is 5.32 Å². The normalized spacial score (nSPS) is 11.5. The van der Waals surface area contributed by atoms with E-state index in [2.05, 4.69) is 19.2 Å². The van der Waals surface area contributed by atoms with Crippen molar-refractivity contribution in [3.8, 4) is 0 Å². The van der Waals surface area contributed by atoms with E-state index in [1.165, 1.54) is 6.08 Å². The summed E-state index contributed by atoms with van der Waals surface area (Å²) in [4.78, 5) is 21.3. The van der Waals surface area contributed by atoms with Gasteiger partial charge in [0.1, 0.15) is 6.29 Å². The van der Waals surface area contributed by atoms with E-state index in [4.69, 9.17) is 0 Å². The molecule has 0 bridgehead atoms. The van der Waals surface area contributed by atoms with Crippen molar-refractivity contribution in [1.82, 2.24) is 5.32 Å². The minimum absolute atomic E-state index is 0.0516. The number of allylic oxidation sites excluding steroid dienone is 3. The minimum atomic E-state index is -0.0516.